The van der Waals surface area contributed by atoms with Crippen LogP contribution >= 0.6 is 0 Å². The third-order valence-corrected chi connectivity index (χ3v) is 4.70. The number of likely N-dealkylation sites (tertiary alicyclic amines) is 1. The molecule has 0 bridgehead atoms. The Balaban J connectivity index is 1.62. The number of benzene rings is 1. The van der Waals surface area contributed by atoms with E-state index >= 15 is 0 Å². The maximum absolute atomic E-state index is 12.6. The first-order valence-corrected chi connectivity index (χ1v) is 8.53. The summed E-state index contributed by atoms with van der Waals surface area (Å²) in [5, 5.41) is 2.86. The summed E-state index contributed by atoms with van der Waals surface area (Å²) in [4.78, 5) is 26.5. The summed E-state index contributed by atoms with van der Waals surface area (Å²) in [5.41, 5.74) is 0.539. The van der Waals surface area contributed by atoms with Gasteiger partial charge in [-0.1, -0.05) is 0 Å². The first-order chi connectivity index (χ1) is 12.1. The standard InChI is InChI=1S/C18H24N2O5/c1-23-13-5-6-16(24-2)15(9-13)19-18(22)12-8-17(21)20(10-12)11-14-4-3-7-25-14/h5-6,9,12,14H,3-4,7-8,10-11H2,1-2H3,(H,19,22). The molecule has 0 spiro atoms. The number of amides is 2. The van der Waals surface area contributed by atoms with Gasteiger partial charge in [0, 0.05) is 32.2 Å². The topological polar surface area (TPSA) is 77.1 Å². The van der Waals surface area contributed by atoms with Crippen LogP contribution in [0.5, 0.6) is 11.5 Å². The predicted octanol–water partition coefficient (Wildman–Crippen LogP) is 1.67. The minimum atomic E-state index is -0.371. The molecule has 2 atom stereocenters. The fourth-order valence-electron chi connectivity index (χ4n) is 3.30. The largest absolute Gasteiger partial charge is 0.497 e. The van der Waals surface area contributed by atoms with E-state index in [1.807, 2.05) is 0 Å². The molecule has 1 aromatic carbocycles. The van der Waals surface area contributed by atoms with Crippen LogP contribution in [0.4, 0.5) is 5.69 Å². The molecule has 7 heteroatoms. The average molecular weight is 348 g/mol. The van der Waals surface area contributed by atoms with Crippen LogP contribution in [-0.4, -0.2) is 56.7 Å². The summed E-state index contributed by atoms with van der Waals surface area (Å²) in [6, 6.07) is 5.20. The molecule has 2 aliphatic rings. The van der Waals surface area contributed by atoms with E-state index < -0.39 is 0 Å². The van der Waals surface area contributed by atoms with Gasteiger partial charge < -0.3 is 24.4 Å². The summed E-state index contributed by atoms with van der Waals surface area (Å²) >= 11 is 0. The molecule has 2 amide bonds. The number of carbonyl (C=O) groups is 2. The van der Waals surface area contributed by atoms with Crippen LogP contribution in [0, 0.1) is 5.92 Å². The van der Waals surface area contributed by atoms with Crippen LogP contribution in [-0.2, 0) is 14.3 Å². The lowest BCUT2D eigenvalue weighted by atomic mass is 10.1. The second kappa shape index (κ2) is 7.74. The molecule has 1 N–H and O–H groups in total. The van der Waals surface area contributed by atoms with Gasteiger partial charge >= 0.3 is 0 Å². The Morgan fingerprint density at radius 1 is 1.36 bits per heavy atom. The lowest BCUT2D eigenvalue weighted by molar-refractivity contribution is -0.129. The first-order valence-electron chi connectivity index (χ1n) is 8.53. The third kappa shape index (κ3) is 4.04. The Hall–Kier alpha value is -2.28. The Kier molecular flexibility index (Phi) is 5.43. The molecule has 0 radical (unpaired) electrons. The number of rotatable bonds is 6. The Labute approximate surface area is 147 Å². The predicted molar refractivity (Wildman–Crippen MR) is 91.8 cm³/mol. The number of anilines is 1. The van der Waals surface area contributed by atoms with Gasteiger partial charge in [-0.05, 0) is 25.0 Å². The summed E-state index contributed by atoms with van der Waals surface area (Å²) in [6.45, 7) is 1.76. The van der Waals surface area contributed by atoms with Gasteiger partial charge in [-0.3, -0.25) is 9.59 Å². The average Bonchev–Trinajstić information content (AvgIpc) is 3.25. The van der Waals surface area contributed by atoms with Crippen molar-refractivity contribution in [1.29, 1.82) is 0 Å². The van der Waals surface area contributed by atoms with E-state index in [2.05, 4.69) is 5.32 Å². The van der Waals surface area contributed by atoms with Crippen molar-refractivity contribution in [3.63, 3.8) is 0 Å². The van der Waals surface area contributed by atoms with Crippen molar-refractivity contribution in [2.45, 2.75) is 25.4 Å². The molecule has 0 aromatic heterocycles. The van der Waals surface area contributed by atoms with Crippen molar-refractivity contribution in [3.8, 4) is 11.5 Å². The van der Waals surface area contributed by atoms with E-state index in [0.29, 0.717) is 30.3 Å². The van der Waals surface area contributed by atoms with Crippen molar-refractivity contribution < 1.29 is 23.8 Å². The molecule has 1 aromatic rings. The highest BCUT2D eigenvalue weighted by Gasteiger charge is 2.36. The normalized spacial score (nSPS) is 23.0. The van der Waals surface area contributed by atoms with Gasteiger partial charge in [0.25, 0.3) is 0 Å². The Bertz CT molecular complexity index is 642. The molecule has 0 aliphatic carbocycles. The van der Waals surface area contributed by atoms with Gasteiger partial charge in [0.1, 0.15) is 11.5 Å². The van der Waals surface area contributed by atoms with Gasteiger partial charge in [-0.25, -0.2) is 0 Å². The van der Waals surface area contributed by atoms with Crippen LogP contribution in [0.1, 0.15) is 19.3 Å². The summed E-state index contributed by atoms with van der Waals surface area (Å²) in [7, 11) is 3.10. The zero-order valence-corrected chi connectivity index (χ0v) is 14.6. The number of ether oxygens (including phenoxy) is 3. The molecule has 0 saturated carbocycles. The number of nitrogens with one attached hydrogen (secondary N) is 1. The minimum Gasteiger partial charge on any atom is -0.497 e. The highest BCUT2D eigenvalue weighted by molar-refractivity contribution is 5.98. The van der Waals surface area contributed by atoms with Gasteiger partial charge in [-0.2, -0.15) is 0 Å². The van der Waals surface area contributed by atoms with Gasteiger partial charge in [-0.15, -0.1) is 0 Å². The molecule has 2 aliphatic heterocycles. The van der Waals surface area contributed by atoms with Crippen molar-refractivity contribution in [2.24, 2.45) is 5.92 Å². The SMILES string of the molecule is COc1ccc(OC)c(NC(=O)C2CC(=O)N(CC3CCCO3)C2)c1. The maximum atomic E-state index is 12.6. The molecule has 2 fully saturated rings. The van der Waals surface area contributed by atoms with Gasteiger partial charge in [0.15, 0.2) is 0 Å². The first kappa shape index (κ1) is 17.5. The van der Waals surface area contributed by atoms with Crippen LogP contribution in [0.3, 0.4) is 0 Å². The smallest absolute Gasteiger partial charge is 0.229 e. The Morgan fingerprint density at radius 2 is 2.20 bits per heavy atom. The molecule has 3 rings (SSSR count). The van der Waals surface area contributed by atoms with E-state index in [0.717, 1.165) is 19.4 Å². The highest BCUT2D eigenvalue weighted by Crippen LogP contribution is 2.30. The van der Waals surface area contributed by atoms with E-state index in [1.54, 1.807) is 37.3 Å². The number of carbonyl (C=O) groups excluding carboxylic acids is 2. The fraction of sp³-hybridized carbons (Fsp3) is 0.556. The number of hydrogen-bond donors (Lipinski definition) is 1. The summed E-state index contributed by atoms with van der Waals surface area (Å²) in [5.74, 6) is 0.626. The third-order valence-electron chi connectivity index (χ3n) is 4.70. The zero-order valence-electron chi connectivity index (χ0n) is 14.6. The van der Waals surface area contributed by atoms with Crippen LogP contribution in [0.2, 0.25) is 0 Å². The molecular weight excluding hydrogens is 324 g/mol. The molecule has 2 heterocycles. The number of hydrogen-bond acceptors (Lipinski definition) is 5. The zero-order chi connectivity index (χ0) is 17.8. The van der Waals surface area contributed by atoms with E-state index in [-0.39, 0.29) is 30.3 Å². The van der Waals surface area contributed by atoms with E-state index in [9.17, 15) is 9.59 Å². The quantitative estimate of drug-likeness (QED) is 0.846. The second-order valence-corrected chi connectivity index (χ2v) is 6.39. The van der Waals surface area contributed by atoms with Crippen molar-refractivity contribution >= 4 is 17.5 Å². The van der Waals surface area contributed by atoms with Gasteiger partial charge in [0.2, 0.25) is 11.8 Å². The van der Waals surface area contributed by atoms with Crippen molar-refractivity contribution in [1.82, 2.24) is 4.90 Å². The molecule has 136 valence electrons. The highest BCUT2D eigenvalue weighted by atomic mass is 16.5. The lowest BCUT2D eigenvalue weighted by Crippen LogP contribution is -2.34. The molecule has 7 nitrogen and oxygen atoms in total. The fourth-order valence-corrected chi connectivity index (χ4v) is 3.30. The Morgan fingerprint density at radius 3 is 2.88 bits per heavy atom. The molecule has 2 unspecified atom stereocenters. The molecule has 2 saturated heterocycles. The van der Waals surface area contributed by atoms with Crippen molar-refractivity contribution in [3.05, 3.63) is 18.2 Å². The van der Waals surface area contributed by atoms with Gasteiger partial charge in [0.05, 0.1) is 31.9 Å². The minimum absolute atomic E-state index is 0.00765. The monoisotopic (exact) mass is 348 g/mol. The van der Waals surface area contributed by atoms with Crippen LogP contribution in [0.15, 0.2) is 18.2 Å². The van der Waals surface area contributed by atoms with Crippen LogP contribution < -0.4 is 14.8 Å². The van der Waals surface area contributed by atoms with E-state index in [1.165, 1.54) is 0 Å². The summed E-state index contributed by atoms with van der Waals surface area (Å²) < 4.78 is 16.0. The molecule has 25 heavy (non-hydrogen) atoms. The second-order valence-electron chi connectivity index (χ2n) is 6.39. The molecular formula is C18H24N2O5. The maximum Gasteiger partial charge on any atom is 0.229 e. The number of nitrogens with zero attached hydrogens (tertiary/aromatic N) is 1. The van der Waals surface area contributed by atoms with E-state index in [4.69, 9.17) is 14.2 Å². The number of methoxy groups -OCH3 is 2. The van der Waals surface area contributed by atoms with Crippen molar-refractivity contribution in [2.75, 3.05) is 39.2 Å². The lowest BCUT2D eigenvalue weighted by Gasteiger charge is -2.20. The van der Waals surface area contributed by atoms with Crippen LogP contribution in [0.25, 0.3) is 0 Å². The summed E-state index contributed by atoms with van der Waals surface area (Å²) in [6.07, 6.45) is 2.34.